The van der Waals surface area contributed by atoms with Gasteiger partial charge in [-0.2, -0.15) is 4.57 Å². The molecule has 4 nitrogen and oxygen atoms in total. The molecule has 200 valence electrons. The van der Waals surface area contributed by atoms with Gasteiger partial charge in [0.15, 0.2) is 17.8 Å². The zero-order valence-electron chi connectivity index (χ0n) is 23.0. The molecule has 2 N–H and O–H groups in total. The maximum absolute atomic E-state index is 9.50. The number of aromatic nitrogens is 1. The average molecular weight is 511 g/mol. The third kappa shape index (κ3) is 6.53. The lowest BCUT2D eigenvalue weighted by atomic mass is 9.78. The molecule has 0 spiro atoms. The van der Waals surface area contributed by atoms with Gasteiger partial charge >= 0.3 is 0 Å². The number of aliphatic hydroxyl groups excluding tert-OH is 1. The molecule has 1 aromatic carbocycles. The van der Waals surface area contributed by atoms with E-state index in [0.29, 0.717) is 6.54 Å². The van der Waals surface area contributed by atoms with Crippen molar-refractivity contribution in [1.82, 2.24) is 5.32 Å². The number of allylic oxidation sites excluding steroid dienone is 1. The van der Waals surface area contributed by atoms with Crippen LogP contribution in [0.3, 0.4) is 0 Å². The second-order valence-corrected chi connectivity index (χ2v) is 11.0. The maximum atomic E-state index is 9.50. The molecule has 2 aromatic rings. The molecule has 4 heteroatoms. The number of pyridine rings is 1. The SMILES string of the molecule is C=CC1=NC(C(=C)[n+]2ccc(CC3CCCCC3)cc2C)C(CCC(C=C)CNC(=C)O)c2ccccc21. The zero-order chi connectivity index (χ0) is 27.1. The van der Waals surface area contributed by atoms with Crippen LogP contribution in [0.1, 0.15) is 73.2 Å². The van der Waals surface area contributed by atoms with Crippen LogP contribution in [-0.4, -0.2) is 23.4 Å². The number of aryl methyl sites for hydroxylation is 1. The van der Waals surface area contributed by atoms with Crippen molar-refractivity contribution in [3.8, 4) is 0 Å². The van der Waals surface area contributed by atoms with E-state index in [9.17, 15) is 5.11 Å². The summed E-state index contributed by atoms with van der Waals surface area (Å²) in [6.07, 6.45) is 15.9. The van der Waals surface area contributed by atoms with Gasteiger partial charge in [-0.25, -0.2) is 0 Å². The number of benzene rings is 1. The van der Waals surface area contributed by atoms with Gasteiger partial charge in [-0.15, -0.1) is 6.58 Å². The highest BCUT2D eigenvalue weighted by Gasteiger charge is 2.36. The Morgan fingerprint density at radius 2 is 1.92 bits per heavy atom. The first-order valence-electron chi connectivity index (χ1n) is 14.2. The molecule has 1 aromatic heterocycles. The molecular weight excluding hydrogens is 466 g/mol. The van der Waals surface area contributed by atoms with Crippen molar-refractivity contribution in [3.63, 3.8) is 0 Å². The van der Waals surface area contributed by atoms with Gasteiger partial charge in [0.05, 0.1) is 5.71 Å². The van der Waals surface area contributed by atoms with Gasteiger partial charge in [0.2, 0.25) is 5.70 Å². The summed E-state index contributed by atoms with van der Waals surface area (Å²) < 4.78 is 2.22. The van der Waals surface area contributed by atoms with Crippen molar-refractivity contribution in [1.29, 1.82) is 0 Å². The van der Waals surface area contributed by atoms with E-state index in [0.717, 1.165) is 35.7 Å². The Kier molecular flexibility index (Phi) is 9.38. The maximum Gasteiger partial charge on any atom is 0.205 e. The number of aliphatic imine (C=N–C) groups is 1. The highest BCUT2D eigenvalue weighted by Crippen LogP contribution is 2.38. The minimum Gasteiger partial charge on any atom is -0.495 e. The quantitative estimate of drug-likeness (QED) is 0.180. The van der Waals surface area contributed by atoms with Crippen LogP contribution in [-0.2, 0) is 6.42 Å². The number of hydrogen-bond acceptors (Lipinski definition) is 3. The minimum absolute atomic E-state index is 0.00912. The minimum atomic E-state index is -0.1000. The molecule has 1 aliphatic heterocycles. The molecule has 1 fully saturated rings. The third-order valence-corrected chi connectivity index (χ3v) is 8.35. The second-order valence-electron chi connectivity index (χ2n) is 11.0. The van der Waals surface area contributed by atoms with Crippen LogP contribution < -0.4 is 9.88 Å². The Labute approximate surface area is 229 Å². The van der Waals surface area contributed by atoms with Gasteiger partial charge in [-0.3, -0.25) is 4.99 Å². The first-order chi connectivity index (χ1) is 18.4. The first-order valence-corrected chi connectivity index (χ1v) is 14.2. The summed E-state index contributed by atoms with van der Waals surface area (Å²) in [6.45, 7) is 19.0. The van der Waals surface area contributed by atoms with E-state index in [4.69, 9.17) is 4.99 Å². The Hall–Kier alpha value is -3.40. The van der Waals surface area contributed by atoms with Gasteiger partial charge in [0, 0.05) is 37.1 Å². The lowest BCUT2D eigenvalue weighted by Crippen LogP contribution is -2.43. The zero-order valence-corrected chi connectivity index (χ0v) is 23.0. The lowest BCUT2D eigenvalue weighted by molar-refractivity contribution is -0.591. The molecule has 3 unspecified atom stereocenters. The van der Waals surface area contributed by atoms with Crippen LogP contribution in [0.15, 0.2) is 91.9 Å². The smallest absolute Gasteiger partial charge is 0.205 e. The molecule has 38 heavy (non-hydrogen) atoms. The van der Waals surface area contributed by atoms with Crippen LogP contribution in [0.4, 0.5) is 0 Å². The molecule has 0 bridgehead atoms. The third-order valence-electron chi connectivity index (χ3n) is 8.35. The highest BCUT2D eigenvalue weighted by atomic mass is 16.3. The van der Waals surface area contributed by atoms with Crippen LogP contribution in [0.2, 0.25) is 0 Å². The van der Waals surface area contributed by atoms with Gasteiger partial charge in [0.1, 0.15) is 6.04 Å². The van der Waals surface area contributed by atoms with E-state index >= 15 is 0 Å². The van der Waals surface area contributed by atoms with Crippen molar-refractivity contribution >= 4 is 11.4 Å². The van der Waals surface area contributed by atoms with Gasteiger partial charge in [0.25, 0.3) is 0 Å². The number of nitrogens with zero attached hydrogens (tertiary/aromatic N) is 2. The van der Waals surface area contributed by atoms with Crippen molar-refractivity contribution in [2.45, 2.75) is 70.3 Å². The first kappa shape index (κ1) is 27.6. The summed E-state index contributed by atoms with van der Waals surface area (Å²) in [4.78, 5) is 5.22. The van der Waals surface area contributed by atoms with Gasteiger partial charge in [-0.05, 0) is 61.5 Å². The van der Waals surface area contributed by atoms with Gasteiger partial charge < -0.3 is 10.4 Å². The fourth-order valence-electron chi connectivity index (χ4n) is 6.25. The van der Waals surface area contributed by atoms with Gasteiger partial charge in [-0.1, -0.05) is 69.0 Å². The Morgan fingerprint density at radius 3 is 2.61 bits per heavy atom. The Balaban J connectivity index is 1.60. The topological polar surface area (TPSA) is 48.5 Å². The van der Waals surface area contributed by atoms with E-state index < -0.39 is 0 Å². The normalized spacial score (nSPS) is 20.1. The van der Waals surface area contributed by atoms with Crippen LogP contribution >= 0.6 is 0 Å². The molecule has 2 aliphatic rings. The summed E-state index contributed by atoms with van der Waals surface area (Å²) in [5.74, 6) is 1.19. The van der Waals surface area contributed by atoms with Crippen LogP contribution in [0.25, 0.3) is 5.70 Å². The largest absolute Gasteiger partial charge is 0.495 e. The molecule has 0 saturated heterocycles. The van der Waals surface area contributed by atoms with E-state index in [1.807, 2.05) is 12.2 Å². The highest BCUT2D eigenvalue weighted by molar-refractivity contribution is 6.10. The molecule has 3 atom stereocenters. The predicted molar refractivity (Wildman–Crippen MR) is 159 cm³/mol. The van der Waals surface area contributed by atoms with E-state index in [1.165, 1.54) is 55.3 Å². The molecule has 0 amide bonds. The molecule has 1 aliphatic carbocycles. The molecule has 2 heterocycles. The van der Waals surface area contributed by atoms with E-state index in [-0.39, 0.29) is 23.8 Å². The number of nitrogens with one attached hydrogen (secondary N) is 1. The number of rotatable bonds is 12. The molecule has 1 saturated carbocycles. The summed E-state index contributed by atoms with van der Waals surface area (Å²) in [5, 5.41) is 12.4. The monoisotopic (exact) mass is 510 g/mol. The number of aliphatic hydroxyl groups is 1. The van der Waals surface area contributed by atoms with E-state index in [1.54, 1.807) is 0 Å². The Bertz CT molecular complexity index is 1200. The summed E-state index contributed by atoms with van der Waals surface area (Å²) in [5.41, 5.74) is 6.98. The van der Waals surface area contributed by atoms with Crippen LogP contribution in [0.5, 0.6) is 0 Å². The van der Waals surface area contributed by atoms with Crippen molar-refractivity contribution in [2.24, 2.45) is 16.8 Å². The lowest BCUT2D eigenvalue weighted by Gasteiger charge is -2.31. The number of fused-ring (bicyclic) bond motifs is 1. The molecular formula is C34H44N3O+. The summed E-state index contributed by atoms with van der Waals surface area (Å²) in [7, 11) is 0. The fraction of sp³-hybridized carbons (Fsp3) is 0.412. The van der Waals surface area contributed by atoms with Crippen molar-refractivity contribution in [2.75, 3.05) is 6.54 Å². The summed E-state index contributed by atoms with van der Waals surface area (Å²) in [6, 6.07) is 13.1. The van der Waals surface area contributed by atoms with Crippen molar-refractivity contribution < 1.29 is 9.67 Å². The van der Waals surface area contributed by atoms with Crippen LogP contribution in [0, 0.1) is 18.8 Å². The number of hydrogen-bond donors (Lipinski definition) is 2. The predicted octanol–water partition coefficient (Wildman–Crippen LogP) is 7.22. The molecule has 4 rings (SSSR count). The standard InChI is InChI=1S/C34H43N3O/c1-6-27(23-35-26(5)38)17-18-32-30-15-11-12-16-31(30)33(7-2)36-34(32)25(4)37-20-19-29(21-24(37)3)22-28-13-9-8-10-14-28/h6-7,11-12,15-16,19-21,27-28,32,34-35H,1-2,4-5,8-10,13-14,17-18,22-23H2,3H3/p+1. The molecule has 0 radical (unpaired) electrons. The van der Waals surface area contributed by atoms with E-state index in [2.05, 4.69) is 85.7 Å². The van der Waals surface area contributed by atoms with Crippen molar-refractivity contribution in [3.05, 3.63) is 109 Å². The second kappa shape index (κ2) is 12.9. The summed E-state index contributed by atoms with van der Waals surface area (Å²) >= 11 is 0. The average Bonchev–Trinajstić information content (AvgIpc) is 2.93. The fourth-order valence-corrected chi connectivity index (χ4v) is 6.25. The Morgan fingerprint density at radius 1 is 1.16 bits per heavy atom.